The van der Waals surface area contributed by atoms with Crippen LogP contribution in [0.3, 0.4) is 0 Å². The molecule has 2 aromatic carbocycles. The number of ether oxygens (including phenoxy) is 3. The van der Waals surface area contributed by atoms with E-state index in [2.05, 4.69) is 31.1 Å². The van der Waals surface area contributed by atoms with Gasteiger partial charge < -0.3 is 30.2 Å². The summed E-state index contributed by atoms with van der Waals surface area (Å²) in [6, 6.07) is 12.4. The summed E-state index contributed by atoms with van der Waals surface area (Å²) in [5.41, 5.74) is 2.82. The summed E-state index contributed by atoms with van der Waals surface area (Å²) in [6.45, 7) is 3.03. The Morgan fingerprint density at radius 3 is 2.32 bits per heavy atom. The molecule has 10 nitrogen and oxygen atoms in total. The number of methoxy groups -OCH3 is 3. The summed E-state index contributed by atoms with van der Waals surface area (Å²) in [5.74, 6) is 0.873. The molecule has 0 aliphatic rings. The fourth-order valence-corrected chi connectivity index (χ4v) is 4.46. The largest absolute Gasteiger partial charge is 0.495 e. The molecular formula is C26H28Cl2N6O4. The second kappa shape index (κ2) is 12.8. The number of carbonyl (C=O) groups excluding carboxylic acids is 1. The maximum Gasteiger partial charge on any atom is 0.256 e. The van der Waals surface area contributed by atoms with Crippen molar-refractivity contribution >= 4 is 51.6 Å². The van der Waals surface area contributed by atoms with Crippen molar-refractivity contribution in [2.24, 2.45) is 0 Å². The molecule has 0 fully saturated rings. The lowest BCUT2D eigenvalue weighted by atomic mass is 10.1. The third kappa shape index (κ3) is 6.11. The number of fused-ring (bicyclic) bond motifs is 1. The van der Waals surface area contributed by atoms with Gasteiger partial charge in [0, 0.05) is 49.6 Å². The summed E-state index contributed by atoms with van der Waals surface area (Å²) >= 11 is 13.1. The first-order chi connectivity index (χ1) is 18.5. The number of amides is 1. The lowest BCUT2D eigenvalue weighted by molar-refractivity contribution is 0.102. The number of pyridine rings is 1. The van der Waals surface area contributed by atoms with Gasteiger partial charge in [-0.2, -0.15) is 5.10 Å². The molecule has 0 saturated carbocycles. The van der Waals surface area contributed by atoms with Gasteiger partial charge in [0.25, 0.3) is 5.91 Å². The van der Waals surface area contributed by atoms with E-state index in [0.29, 0.717) is 61.8 Å². The minimum Gasteiger partial charge on any atom is -0.495 e. The van der Waals surface area contributed by atoms with E-state index in [-0.39, 0.29) is 5.91 Å². The molecule has 38 heavy (non-hydrogen) atoms. The van der Waals surface area contributed by atoms with Gasteiger partial charge in [-0.1, -0.05) is 23.2 Å². The smallest absolute Gasteiger partial charge is 0.256 e. The lowest BCUT2D eigenvalue weighted by Gasteiger charge is -2.14. The number of halogens is 2. The van der Waals surface area contributed by atoms with E-state index in [4.69, 9.17) is 37.4 Å². The maximum atomic E-state index is 12.9. The standard InChI is InChI=1S/C26H28Cl2N6O4/c1-36-13-12-29-10-11-30-16-6-4-15(5-7-16)26(35)32-25-17-8-9-18(31-24(17)33-34-25)21-22(27)19(37-2)14-20(38-3)23(21)28/h4-9,14,29-30H,10-13H2,1-3H3,(H2,31,32,33,34,35). The lowest BCUT2D eigenvalue weighted by Crippen LogP contribution is -2.25. The van der Waals surface area contributed by atoms with Crippen molar-refractivity contribution < 1.29 is 19.0 Å². The molecule has 1 amide bonds. The van der Waals surface area contributed by atoms with Crippen LogP contribution in [0.2, 0.25) is 10.0 Å². The van der Waals surface area contributed by atoms with Gasteiger partial charge in [-0.25, -0.2) is 4.98 Å². The molecule has 0 saturated heterocycles. The minimum atomic E-state index is -0.293. The highest BCUT2D eigenvalue weighted by Gasteiger charge is 2.21. The van der Waals surface area contributed by atoms with Gasteiger partial charge in [0.15, 0.2) is 11.5 Å². The first-order valence-corrected chi connectivity index (χ1v) is 12.5. The van der Waals surface area contributed by atoms with Crippen molar-refractivity contribution in [1.29, 1.82) is 0 Å². The molecule has 200 valence electrons. The van der Waals surface area contributed by atoms with Crippen LogP contribution >= 0.6 is 23.2 Å². The minimum absolute atomic E-state index is 0.293. The molecule has 2 aromatic heterocycles. The number of aromatic nitrogens is 3. The van der Waals surface area contributed by atoms with Crippen molar-refractivity contribution in [3.8, 4) is 22.8 Å². The number of nitrogens with zero attached hydrogens (tertiary/aromatic N) is 2. The second-order valence-electron chi connectivity index (χ2n) is 8.15. The van der Waals surface area contributed by atoms with Gasteiger partial charge in [0.2, 0.25) is 0 Å². The van der Waals surface area contributed by atoms with Crippen molar-refractivity contribution in [3.63, 3.8) is 0 Å². The van der Waals surface area contributed by atoms with Crippen LogP contribution in [0.25, 0.3) is 22.3 Å². The average molecular weight is 559 g/mol. The Labute approximate surface area is 230 Å². The Morgan fingerprint density at radius 1 is 0.947 bits per heavy atom. The Balaban J connectivity index is 1.46. The van der Waals surface area contributed by atoms with Crippen LogP contribution in [0.5, 0.6) is 11.5 Å². The van der Waals surface area contributed by atoms with Crippen LogP contribution in [-0.2, 0) is 4.74 Å². The number of rotatable bonds is 12. The molecule has 4 rings (SSSR count). The zero-order chi connectivity index (χ0) is 27.1. The number of hydrogen-bond acceptors (Lipinski definition) is 8. The SMILES string of the molecule is COCCNCCNc1ccc(C(=O)Nc2n[nH]c3nc(-c4c(Cl)c(OC)cc(OC)c4Cl)ccc23)cc1. The predicted molar refractivity (Wildman–Crippen MR) is 150 cm³/mol. The number of benzene rings is 2. The molecule has 12 heteroatoms. The van der Waals surface area contributed by atoms with E-state index < -0.39 is 0 Å². The van der Waals surface area contributed by atoms with Gasteiger partial charge in [0.1, 0.15) is 11.5 Å². The highest BCUT2D eigenvalue weighted by atomic mass is 35.5. The highest BCUT2D eigenvalue weighted by Crippen LogP contribution is 2.45. The van der Waals surface area contributed by atoms with Crippen LogP contribution in [-0.4, -0.2) is 68.7 Å². The zero-order valence-corrected chi connectivity index (χ0v) is 22.7. The van der Waals surface area contributed by atoms with E-state index in [0.717, 1.165) is 25.3 Å². The third-order valence-corrected chi connectivity index (χ3v) is 6.50. The summed E-state index contributed by atoms with van der Waals surface area (Å²) in [6.07, 6.45) is 0. The van der Waals surface area contributed by atoms with Crippen molar-refractivity contribution in [2.45, 2.75) is 0 Å². The number of anilines is 2. The molecule has 0 bridgehead atoms. The Kier molecular flexibility index (Phi) is 9.24. The number of carbonyl (C=O) groups is 1. The summed E-state index contributed by atoms with van der Waals surface area (Å²) in [5, 5.41) is 17.7. The number of nitrogens with one attached hydrogen (secondary N) is 4. The Bertz CT molecular complexity index is 1380. The fraction of sp³-hybridized carbons (Fsp3) is 0.269. The number of hydrogen-bond donors (Lipinski definition) is 4. The van der Waals surface area contributed by atoms with Crippen LogP contribution < -0.4 is 25.4 Å². The van der Waals surface area contributed by atoms with E-state index in [1.54, 1.807) is 37.4 Å². The first-order valence-electron chi connectivity index (χ1n) is 11.8. The van der Waals surface area contributed by atoms with Gasteiger partial charge in [-0.05, 0) is 36.4 Å². The topological polar surface area (TPSA) is 122 Å². The Hall–Kier alpha value is -3.57. The van der Waals surface area contributed by atoms with Crippen LogP contribution in [0.4, 0.5) is 11.5 Å². The molecule has 4 aromatic rings. The van der Waals surface area contributed by atoms with Crippen LogP contribution in [0.1, 0.15) is 10.4 Å². The molecule has 0 atom stereocenters. The molecule has 0 radical (unpaired) electrons. The summed E-state index contributed by atoms with van der Waals surface area (Å²) in [4.78, 5) is 17.5. The molecule has 0 aliphatic carbocycles. The third-order valence-electron chi connectivity index (χ3n) is 5.75. The van der Waals surface area contributed by atoms with E-state index in [1.807, 2.05) is 12.1 Å². The van der Waals surface area contributed by atoms with Gasteiger partial charge in [0.05, 0.1) is 42.0 Å². The molecular weight excluding hydrogens is 531 g/mol. The monoisotopic (exact) mass is 558 g/mol. The highest BCUT2D eigenvalue weighted by molar-refractivity contribution is 6.41. The zero-order valence-electron chi connectivity index (χ0n) is 21.2. The second-order valence-corrected chi connectivity index (χ2v) is 8.91. The summed E-state index contributed by atoms with van der Waals surface area (Å²) < 4.78 is 15.7. The predicted octanol–water partition coefficient (Wildman–Crippen LogP) is 4.85. The van der Waals surface area contributed by atoms with E-state index in [1.165, 1.54) is 14.2 Å². The van der Waals surface area contributed by atoms with Crippen LogP contribution in [0.15, 0.2) is 42.5 Å². The molecule has 2 heterocycles. The van der Waals surface area contributed by atoms with E-state index >= 15 is 0 Å². The molecule has 0 aliphatic heterocycles. The van der Waals surface area contributed by atoms with Gasteiger partial charge in [-0.3, -0.25) is 9.89 Å². The molecule has 0 unspecified atom stereocenters. The van der Waals surface area contributed by atoms with Crippen molar-refractivity contribution in [1.82, 2.24) is 20.5 Å². The first kappa shape index (κ1) is 27.5. The quantitative estimate of drug-likeness (QED) is 0.182. The van der Waals surface area contributed by atoms with Crippen LogP contribution in [0, 0.1) is 0 Å². The normalized spacial score (nSPS) is 11.0. The number of H-pyrrole nitrogens is 1. The number of aromatic amines is 1. The van der Waals surface area contributed by atoms with Gasteiger partial charge >= 0.3 is 0 Å². The Morgan fingerprint density at radius 2 is 1.66 bits per heavy atom. The van der Waals surface area contributed by atoms with Crippen molar-refractivity contribution in [2.75, 3.05) is 58.2 Å². The molecule has 0 spiro atoms. The summed E-state index contributed by atoms with van der Waals surface area (Å²) in [7, 11) is 4.69. The average Bonchev–Trinajstić information content (AvgIpc) is 3.33. The van der Waals surface area contributed by atoms with E-state index in [9.17, 15) is 4.79 Å². The molecule has 4 N–H and O–H groups in total. The van der Waals surface area contributed by atoms with Gasteiger partial charge in [-0.15, -0.1) is 0 Å². The maximum absolute atomic E-state index is 12.9. The fourth-order valence-electron chi connectivity index (χ4n) is 3.76. The van der Waals surface area contributed by atoms with Crippen molar-refractivity contribution in [3.05, 3.63) is 58.1 Å².